The zero-order valence-electron chi connectivity index (χ0n) is 7.95. The third kappa shape index (κ3) is 1.98. The van der Waals surface area contributed by atoms with E-state index in [1.165, 1.54) is 5.57 Å². The molecule has 3 heteroatoms. The highest BCUT2D eigenvalue weighted by Crippen LogP contribution is 2.10. The minimum Gasteiger partial charge on any atom is -0.338 e. The van der Waals surface area contributed by atoms with E-state index in [2.05, 4.69) is 20.9 Å². The van der Waals surface area contributed by atoms with Gasteiger partial charge in [-0.05, 0) is 13.0 Å². The number of aromatic nitrogens is 2. The van der Waals surface area contributed by atoms with E-state index in [0.717, 1.165) is 31.8 Å². The molecule has 0 saturated carbocycles. The molecule has 1 aliphatic rings. The van der Waals surface area contributed by atoms with Crippen LogP contribution in [0.4, 0.5) is 0 Å². The zero-order valence-corrected chi connectivity index (χ0v) is 7.95. The fourth-order valence-corrected chi connectivity index (χ4v) is 1.60. The molecule has 1 aromatic heterocycles. The van der Waals surface area contributed by atoms with Crippen LogP contribution in [0.5, 0.6) is 0 Å². The summed E-state index contributed by atoms with van der Waals surface area (Å²) in [6.07, 6.45) is 8.30. The van der Waals surface area contributed by atoms with E-state index < -0.39 is 0 Å². The molecule has 0 aliphatic carbocycles. The van der Waals surface area contributed by atoms with Crippen molar-refractivity contribution in [2.45, 2.75) is 12.8 Å². The highest BCUT2D eigenvalue weighted by molar-refractivity contribution is 5.13. The smallest absolute Gasteiger partial charge is 0.112 e. The van der Waals surface area contributed by atoms with Crippen molar-refractivity contribution in [3.8, 4) is 0 Å². The van der Waals surface area contributed by atoms with Crippen LogP contribution in [0.1, 0.15) is 12.2 Å². The van der Waals surface area contributed by atoms with E-state index in [4.69, 9.17) is 0 Å². The Kier molecular flexibility index (Phi) is 2.45. The number of aryl methyl sites for hydroxylation is 1. The molecule has 2 rings (SSSR count). The van der Waals surface area contributed by atoms with Crippen molar-refractivity contribution in [2.24, 2.45) is 7.05 Å². The standard InChI is InChI=1S/C10H15N3/c1-13-7-6-12-10(13)8-9-2-4-11-5-3-9/h2,6-7,11H,3-5,8H2,1H3. The van der Waals surface area contributed by atoms with Gasteiger partial charge >= 0.3 is 0 Å². The first-order valence-electron chi connectivity index (χ1n) is 4.71. The lowest BCUT2D eigenvalue weighted by Crippen LogP contribution is -2.21. The minimum atomic E-state index is 1.01. The Bertz CT molecular complexity index is 312. The number of imidazole rings is 1. The number of rotatable bonds is 2. The quantitative estimate of drug-likeness (QED) is 0.680. The first kappa shape index (κ1) is 8.51. The third-order valence-corrected chi connectivity index (χ3v) is 2.46. The zero-order chi connectivity index (χ0) is 9.10. The highest BCUT2D eigenvalue weighted by Gasteiger charge is 2.06. The van der Waals surface area contributed by atoms with Gasteiger partial charge in [0, 0.05) is 32.4 Å². The Morgan fingerprint density at radius 3 is 3.15 bits per heavy atom. The second-order valence-corrected chi connectivity index (χ2v) is 3.45. The van der Waals surface area contributed by atoms with Crippen LogP contribution in [0.15, 0.2) is 24.0 Å². The van der Waals surface area contributed by atoms with Gasteiger partial charge in [-0.25, -0.2) is 4.98 Å². The van der Waals surface area contributed by atoms with Crippen molar-refractivity contribution in [1.29, 1.82) is 0 Å². The first-order valence-corrected chi connectivity index (χ1v) is 4.71. The third-order valence-electron chi connectivity index (χ3n) is 2.46. The monoisotopic (exact) mass is 177 g/mol. The molecule has 1 N–H and O–H groups in total. The molecular weight excluding hydrogens is 162 g/mol. The van der Waals surface area contributed by atoms with Crippen molar-refractivity contribution in [2.75, 3.05) is 13.1 Å². The normalized spacial score (nSPS) is 17.2. The van der Waals surface area contributed by atoms with E-state index in [1.54, 1.807) is 0 Å². The minimum absolute atomic E-state index is 1.01. The van der Waals surface area contributed by atoms with Crippen LogP contribution in [-0.4, -0.2) is 22.6 Å². The highest BCUT2D eigenvalue weighted by atomic mass is 15.0. The summed E-state index contributed by atoms with van der Waals surface area (Å²) in [6.45, 7) is 2.12. The molecule has 0 bridgehead atoms. The SMILES string of the molecule is Cn1ccnc1CC1=CCNCC1. The molecule has 3 nitrogen and oxygen atoms in total. The van der Waals surface area contributed by atoms with Crippen molar-refractivity contribution >= 4 is 0 Å². The van der Waals surface area contributed by atoms with Crippen LogP contribution in [0.3, 0.4) is 0 Å². The van der Waals surface area contributed by atoms with Gasteiger partial charge in [-0.3, -0.25) is 0 Å². The summed E-state index contributed by atoms with van der Waals surface area (Å²) in [5.74, 6) is 1.16. The fraction of sp³-hybridized carbons (Fsp3) is 0.500. The molecule has 0 unspecified atom stereocenters. The van der Waals surface area contributed by atoms with Gasteiger partial charge in [0.05, 0.1) is 0 Å². The molecule has 0 fully saturated rings. The van der Waals surface area contributed by atoms with Gasteiger partial charge < -0.3 is 9.88 Å². The average Bonchev–Trinajstić information content (AvgIpc) is 2.54. The van der Waals surface area contributed by atoms with Gasteiger partial charge in [-0.1, -0.05) is 11.6 Å². The maximum Gasteiger partial charge on any atom is 0.112 e. The van der Waals surface area contributed by atoms with E-state index in [9.17, 15) is 0 Å². The Balaban J connectivity index is 2.05. The van der Waals surface area contributed by atoms with Gasteiger partial charge in [0.25, 0.3) is 0 Å². The Morgan fingerprint density at radius 2 is 2.54 bits per heavy atom. The Labute approximate surface area is 78.5 Å². The largest absolute Gasteiger partial charge is 0.338 e. The lowest BCUT2D eigenvalue weighted by atomic mass is 10.1. The summed E-state index contributed by atoms with van der Waals surface area (Å²) in [6, 6.07) is 0. The van der Waals surface area contributed by atoms with Gasteiger partial charge in [0.2, 0.25) is 0 Å². The molecule has 0 spiro atoms. The molecule has 1 aromatic rings. The van der Waals surface area contributed by atoms with Gasteiger partial charge in [0.1, 0.15) is 5.82 Å². The van der Waals surface area contributed by atoms with Crippen molar-refractivity contribution in [3.05, 3.63) is 29.9 Å². The second-order valence-electron chi connectivity index (χ2n) is 3.45. The van der Waals surface area contributed by atoms with E-state index in [-0.39, 0.29) is 0 Å². The molecule has 1 aliphatic heterocycles. The molecule has 13 heavy (non-hydrogen) atoms. The molecule has 70 valence electrons. The number of nitrogens with one attached hydrogen (secondary N) is 1. The summed E-state index contributed by atoms with van der Waals surface area (Å²) < 4.78 is 2.09. The summed E-state index contributed by atoms with van der Waals surface area (Å²) in [4.78, 5) is 4.31. The van der Waals surface area contributed by atoms with Crippen molar-refractivity contribution < 1.29 is 0 Å². The second kappa shape index (κ2) is 3.75. The molecule has 0 saturated heterocycles. The Hall–Kier alpha value is -1.09. The molecule has 0 atom stereocenters. The van der Waals surface area contributed by atoms with Crippen LogP contribution in [0.25, 0.3) is 0 Å². The van der Waals surface area contributed by atoms with Crippen LogP contribution in [0, 0.1) is 0 Å². The summed E-state index contributed by atoms with van der Waals surface area (Å²) >= 11 is 0. The number of hydrogen-bond donors (Lipinski definition) is 1. The van der Waals surface area contributed by atoms with Crippen LogP contribution in [0.2, 0.25) is 0 Å². The summed E-state index contributed by atoms with van der Waals surface area (Å²) in [7, 11) is 2.05. The summed E-state index contributed by atoms with van der Waals surface area (Å²) in [5, 5.41) is 3.31. The number of hydrogen-bond acceptors (Lipinski definition) is 2. The van der Waals surface area contributed by atoms with Crippen molar-refractivity contribution in [1.82, 2.24) is 14.9 Å². The molecular formula is C10H15N3. The predicted molar refractivity (Wildman–Crippen MR) is 52.5 cm³/mol. The molecule has 0 aromatic carbocycles. The van der Waals surface area contributed by atoms with Gasteiger partial charge in [0.15, 0.2) is 0 Å². The van der Waals surface area contributed by atoms with E-state index in [1.807, 2.05) is 19.4 Å². The van der Waals surface area contributed by atoms with Crippen LogP contribution < -0.4 is 5.32 Å². The predicted octanol–water partition coefficient (Wildman–Crippen LogP) is 0.882. The summed E-state index contributed by atoms with van der Waals surface area (Å²) in [5.41, 5.74) is 1.51. The van der Waals surface area contributed by atoms with E-state index >= 15 is 0 Å². The first-order chi connectivity index (χ1) is 6.36. The Morgan fingerprint density at radius 1 is 1.62 bits per heavy atom. The van der Waals surface area contributed by atoms with Gasteiger partial charge in [-0.15, -0.1) is 0 Å². The fourth-order valence-electron chi connectivity index (χ4n) is 1.60. The molecule has 0 radical (unpaired) electrons. The van der Waals surface area contributed by atoms with Crippen molar-refractivity contribution in [3.63, 3.8) is 0 Å². The molecule has 0 amide bonds. The lowest BCUT2D eigenvalue weighted by molar-refractivity contribution is 0.679. The maximum absolute atomic E-state index is 4.31. The van der Waals surface area contributed by atoms with E-state index in [0.29, 0.717) is 0 Å². The van der Waals surface area contributed by atoms with Gasteiger partial charge in [-0.2, -0.15) is 0 Å². The lowest BCUT2D eigenvalue weighted by Gasteiger charge is -2.13. The number of nitrogens with zero attached hydrogens (tertiary/aromatic N) is 2. The maximum atomic E-state index is 4.31. The topological polar surface area (TPSA) is 29.9 Å². The van der Waals surface area contributed by atoms with Crippen LogP contribution >= 0.6 is 0 Å². The molecule has 2 heterocycles. The average molecular weight is 177 g/mol. The van der Waals surface area contributed by atoms with Crippen LogP contribution in [-0.2, 0) is 13.5 Å².